The van der Waals surface area contributed by atoms with Gasteiger partial charge >= 0.3 is 5.97 Å². The minimum absolute atomic E-state index is 0.122. The van der Waals surface area contributed by atoms with E-state index in [9.17, 15) is 19.7 Å². The van der Waals surface area contributed by atoms with Crippen molar-refractivity contribution in [2.75, 3.05) is 13.7 Å². The Balaban J connectivity index is 2.37. The van der Waals surface area contributed by atoms with Gasteiger partial charge in [0.25, 0.3) is 11.6 Å². The maximum absolute atomic E-state index is 12.5. The lowest BCUT2D eigenvalue weighted by molar-refractivity contribution is -0.385. The molecule has 0 saturated carbocycles. The van der Waals surface area contributed by atoms with Crippen LogP contribution in [0.3, 0.4) is 0 Å². The summed E-state index contributed by atoms with van der Waals surface area (Å²) in [6.45, 7) is 0.349. The largest absolute Gasteiger partial charge is 0.467 e. The van der Waals surface area contributed by atoms with Crippen LogP contribution in [0.5, 0.6) is 0 Å². The zero-order chi connectivity index (χ0) is 15.6. The highest BCUT2D eigenvalue weighted by atomic mass is 35.5. The van der Waals surface area contributed by atoms with Gasteiger partial charge < -0.3 is 9.64 Å². The van der Waals surface area contributed by atoms with Crippen LogP contribution < -0.4 is 0 Å². The molecule has 0 aromatic heterocycles. The summed E-state index contributed by atoms with van der Waals surface area (Å²) in [7, 11) is 1.24. The number of halogens is 1. The third-order valence-electron chi connectivity index (χ3n) is 3.37. The Morgan fingerprint density at radius 1 is 1.48 bits per heavy atom. The van der Waals surface area contributed by atoms with Crippen LogP contribution in [0.4, 0.5) is 5.69 Å². The fraction of sp³-hybridized carbons (Fsp3) is 0.385. The highest BCUT2D eigenvalue weighted by Crippen LogP contribution is 2.27. The maximum Gasteiger partial charge on any atom is 0.328 e. The van der Waals surface area contributed by atoms with E-state index in [0.29, 0.717) is 19.4 Å². The van der Waals surface area contributed by atoms with Gasteiger partial charge in [-0.1, -0.05) is 11.6 Å². The highest BCUT2D eigenvalue weighted by Gasteiger charge is 2.37. The molecule has 1 unspecified atom stereocenters. The molecule has 7 nitrogen and oxygen atoms in total. The lowest BCUT2D eigenvalue weighted by Gasteiger charge is -2.22. The van der Waals surface area contributed by atoms with E-state index in [1.54, 1.807) is 0 Å². The molecular formula is C13H13ClN2O5. The summed E-state index contributed by atoms with van der Waals surface area (Å²) in [6.07, 6.45) is 1.12. The number of nitro groups is 1. The second kappa shape index (κ2) is 6.09. The Hall–Kier alpha value is -2.15. The van der Waals surface area contributed by atoms with Gasteiger partial charge in [-0.3, -0.25) is 14.9 Å². The maximum atomic E-state index is 12.5. The first kappa shape index (κ1) is 15.2. The molecule has 2 rings (SSSR count). The molecule has 1 aliphatic rings. The first-order chi connectivity index (χ1) is 9.95. The van der Waals surface area contributed by atoms with Crippen LogP contribution in [0, 0.1) is 10.1 Å². The second-order valence-electron chi connectivity index (χ2n) is 4.60. The van der Waals surface area contributed by atoms with E-state index in [1.165, 1.54) is 30.2 Å². The van der Waals surface area contributed by atoms with Crippen molar-refractivity contribution in [2.24, 2.45) is 0 Å². The first-order valence-electron chi connectivity index (χ1n) is 6.28. The molecule has 21 heavy (non-hydrogen) atoms. The second-order valence-corrected chi connectivity index (χ2v) is 5.03. The van der Waals surface area contributed by atoms with Gasteiger partial charge in [-0.25, -0.2) is 4.79 Å². The molecule has 1 atom stereocenters. The third kappa shape index (κ3) is 2.97. The van der Waals surface area contributed by atoms with Crippen molar-refractivity contribution < 1.29 is 19.2 Å². The van der Waals surface area contributed by atoms with Crippen molar-refractivity contribution in [3.63, 3.8) is 0 Å². The number of nitro benzene ring substituents is 1. The smallest absolute Gasteiger partial charge is 0.328 e. The van der Waals surface area contributed by atoms with E-state index in [0.717, 1.165) is 0 Å². The minimum Gasteiger partial charge on any atom is -0.467 e. The summed E-state index contributed by atoms with van der Waals surface area (Å²) in [4.78, 5) is 35.9. The Bertz CT molecular complexity index is 604. The summed E-state index contributed by atoms with van der Waals surface area (Å²) in [5, 5.41) is 11.2. The van der Waals surface area contributed by atoms with Crippen molar-refractivity contribution >= 4 is 29.2 Å². The van der Waals surface area contributed by atoms with E-state index in [2.05, 4.69) is 4.74 Å². The lowest BCUT2D eigenvalue weighted by Crippen LogP contribution is -2.41. The Morgan fingerprint density at radius 3 is 2.81 bits per heavy atom. The Morgan fingerprint density at radius 2 is 2.19 bits per heavy atom. The lowest BCUT2D eigenvalue weighted by atomic mass is 10.1. The van der Waals surface area contributed by atoms with Crippen molar-refractivity contribution in [2.45, 2.75) is 18.9 Å². The number of esters is 1. The molecule has 0 radical (unpaired) electrons. The Kier molecular flexibility index (Phi) is 4.42. The third-order valence-corrected chi connectivity index (χ3v) is 3.61. The summed E-state index contributed by atoms with van der Waals surface area (Å²) >= 11 is 5.81. The average Bonchev–Trinajstić information content (AvgIpc) is 2.94. The highest BCUT2D eigenvalue weighted by molar-refractivity contribution is 6.31. The van der Waals surface area contributed by atoms with Gasteiger partial charge in [0.05, 0.1) is 12.0 Å². The number of carbonyl (C=O) groups is 2. The molecule has 1 fully saturated rings. The Labute approximate surface area is 125 Å². The fourth-order valence-electron chi connectivity index (χ4n) is 2.38. The van der Waals surface area contributed by atoms with Crippen molar-refractivity contribution in [3.05, 3.63) is 38.9 Å². The number of rotatable bonds is 3. The molecule has 0 aliphatic carbocycles. The molecule has 1 aromatic carbocycles. The van der Waals surface area contributed by atoms with Crippen LogP contribution in [0.25, 0.3) is 0 Å². The summed E-state index contributed by atoms with van der Waals surface area (Å²) in [5.41, 5.74) is -0.455. The van der Waals surface area contributed by atoms with Crippen molar-refractivity contribution in [1.82, 2.24) is 4.90 Å². The zero-order valence-corrected chi connectivity index (χ0v) is 12.0. The van der Waals surface area contributed by atoms with E-state index in [1.807, 2.05) is 0 Å². The number of methoxy groups -OCH3 is 1. The number of likely N-dealkylation sites (tertiary alicyclic amines) is 1. The molecule has 0 N–H and O–H groups in total. The molecule has 0 spiro atoms. The number of amides is 1. The van der Waals surface area contributed by atoms with Crippen molar-refractivity contribution in [3.8, 4) is 0 Å². The molecule has 1 saturated heterocycles. The van der Waals surface area contributed by atoms with Gasteiger partial charge in [-0.05, 0) is 25.0 Å². The number of nitrogens with zero attached hydrogens (tertiary/aromatic N) is 2. The summed E-state index contributed by atoms with van der Waals surface area (Å²) < 4.78 is 4.66. The standard InChI is InChI=1S/C13H13ClN2O5/c1-21-13(18)11-3-2-6-15(11)12(17)9-7-8(14)4-5-10(9)16(19)20/h4-5,7,11H,2-3,6H2,1H3. The molecular weight excluding hydrogens is 300 g/mol. The average molecular weight is 313 g/mol. The van der Waals surface area contributed by atoms with E-state index in [4.69, 9.17) is 11.6 Å². The molecule has 112 valence electrons. The van der Waals surface area contributed by atoms with E-state index >= 15 is 0 Å². The van der Waals surface area contributed by atoms with Crippen molar-refractivity contribution in [1.29, 1.82) is 0 Å². The van der Waals surface area contributed by atoms with Gasteiger partial charge in [0.1, 0.15) is 11.6 Å². The molecule has 0 bridgehead atoms. The predicted molar refractivity (Wildman–Crippen MR) is 74.2 cm³/mol. The molecule has 1 aliphatic heterocycles. The minimum atomic E-state index is -0.707. The molecule has 1 amide bonds. The molecule has 1 heterocycles. The fourth-order valence-corrected chi connectivity index (χ4v) is 2.56. The number of hydrogen-bond donors (Lipinski definition) is 0. The van der Waals surface area contributed by atoms with Crippen LogP contribution in [-0.2, 0) is 9.53 Å². The number of ether oxygens (including phenoxy) is 1. The van der Waals surface area contributed by atoms with E-state index in [-0.39, 0.29) is 16.3 Å². The van der Waals surface area contributed by atoms with Crippen LogP contribution in [0.2, 0.25) is 5.02 Å². The van der Waals surface area contributed by atoms with Gasteiger partial charge in [0.15, 0.2) is 0 Å². The monoisotopic (exact) mass is 312 g/mol. The quantitative estimate of drug-likeness (QED) is 0.484. The van der Waals surface area contributed by atoms with Crippen LogP contribution in [-0.4, -0.2) is 41.4 Å². The van der Waals surface area contributed by atoms with Gasteiger partial charge in [0, 0.05) is 17.6 Å². The molecule has 1 aromatic rings. The van der Waals surface area contributed by atoms with Gasteiger partial charge in [-0.2, -0.15) is 0 Å². The number of benzene rings is 1. The SMILES string of the molecule is COC(=O)C1CCCN1C(=O)c1cc(Cl)ccc1[N+](=O)[O-]. The van der Waals surface area contributed by atoms with Crippen LogP contribution >= 0.6 is 11.6 Å². The summed E-state index contributed by atoms with van der Waals surface area (Å²) in [6, 6.07) is 3.06. The predicted octanol–water partition coefficient (Wildman–Crippen LogP) is 2.03. The number of hydrogen-bond acceptors (Lipinski definition) is 5. The van der Waals surface area contributed by atoms with Crippen LogP contribution in [0.1, 0.15) is 23.2 Å². The van der Waals surface area contributed by atoms with Gasteiger partial charge in [0.2, 0.25) is 0 Å². The normalized spacial score (nSPS) is 17.6. The topological polar surface area (TPSA) is 89.8 Å². The van der Waals surface area contributed by atoms with Gasteiger partial charge in [-0.15, -0.1) is 0 Å². The first-order valence-corrected chi connectivity index (χ1v) is 6.66. The molecule has 8 heteroatoms. The summed E-state index contributed by atoms with van der Waals surface area (Å²) in [5.74, 6) is -1.11. The number of carbonyl (C=O) groups excluding carboxylic acids is 2. The van der Waals surface area contributed by atoms with Crippen LogP contribution in [0.15, 0.2) is 18.2 Å². The van der Waals surface area contributed by atoms with E-state index < -0.39 is 22.8 Å². The zero-order valence-electron chi connectivity index (χ0n) is 11.2.